The molecule has 0 radical (unpaired) electrons. The molecule has 0 amide bonds. The molecule has 3 aromatic rings. The zero-order valence-electron chi connectivity index (χ0n) is 13.8. The van der Waals surface area contributed by atoms with Gasteiger partial charge in [-0.15, -0.1) is 0 Å². The van der Waals surface area contributed by atoms with Gasteiger partial charge >= 0.3 is 0 Å². The van der Waals surface area contributed by atoms with E-state index in [9.17, 15) is 4.79 Å². The smallest absolute Gasteiger partial charge is 0.167 e. The van der Waals surface area contributed by atoms with Gasteiger partial charge in [0.1, 0.15) is 6.33 Å². The molecule has 4 heteroatoms. The van der Waals surface area contributed by atoms with Gasteiger partial charge in [-0.1, -0.05) is 35.9 Å². The third kappa shape index (κ3) is 3.66. The van der Waals surface area contributed by atoms with E-state index in [1.807, 2.05) is 67.4 Å². The first-order valence-corrected chi connectivity index (χ1v) is 7.81. The first kappa shape index (κ1) is 15.9. The number of rotatable bonds is 5. The molecule has 0 atom stereocenters. The first-order valence-electron chi connectivity index (χ1n) is 7.81. The summed E-state index contributed by atoms with van der Waals surface area (Å²) in [6, 6.07) is 15.7. The number of carbonyl (C=O) groups is 1. The molecule has 2 aromatic carbocycles. The molecular formula is C20H19N3O. The second-order valence-electron chi connectivity index (χ2n) is 5.80. The fourth-order valence-electron chi connectivity index (χ4n) is 2.59. The molecule has 1 heterocycles. The van der Waals surface area contributed by atoms with Crippen LogP contribution < -0.4 is 4.90 Å². The van der Waals surface area contributed by atoms with Crippen molar-refractivity contribution in [2.24, 2.45) is 0 Å². The average molecular weight is 317 g/mol. The van der Waals surface area contributed by atoms with Gasteiger partial charge in [0.05, 0.1) is 18.1 Å². The number of anilines is 2. The maximum absolute atomic E-state index is 12.5. The molecular weight excluding hydrogens is 298 g/mol. The maximum Gasteiger partial charge on any atom is 0.167 e. The Balaban J connectivity index is 1.79. The van der Waals surface area contributed by atoms with Gasteiger partial charge in [0, 0.05) is 24.7 Å². The molecule has 4 nitrogen and oxygen atoms in total. The number of benzene rings is 2. The van der Waals surface area contributed by atoms with Gasteiger partial charge in [0.25, 0.3) is 0 Å². The van der Waals surface area contributed by atoms with Gasteiger partial charge in [0.2, 0.25) is 0 Å². The SMILES string of the molecule is Cc1cccc(C(=O)Cc2cccc(N(C)c3cncnc3)c2)c1. The molecule has 0 aliphatic carbocycles. The van der Waals surface area contributed by atoms with Crippen molar-refractivity contribution in [2.45, 2.75) is 13.3 Å². The summed E-state index contributed by atoms with van der Waals surface area (Å²) >= 11 is 0. The molecule has 0 aliphatic heterocycles. The van der Waals surface area contributed by atoms with Crippen LogP contribution in [0.4, 0.5) is 11.4 Å². The lowest BCUT2D eigenvalue weighted by molar-refractivity contribution is 0.0993. The van der Waals surface area contributed by atoms with Crippen molar-refractivity contribution >= 4 is 17.2 Å². The third-order valence-corrected chi connectivity index (χ3v) is 3.94. The Kier molecular flexibility index (Phi) is 4.66. The number of ketones is 1. The topological polar surface area (TPSA) is 46.1 Å². The fourth-order valence-corrected chi connectivity index (χ4v) is 2.59. The fraction of sp³-hybridized carbons (Fsp3) is 0.150. The van der Waals surface area contributed by atoms with Gasteiger partial charge in [-0.3, -0.25) is 4.79 Å². The van der Waals surface area contributed by atoms with Crippen LogP contribution in [0, 0.1) is 6.92 Å². The number of aryl methyl sites for hydroxylation is 1. The molecule has 120 valence electrons. The van der Waals surface area contributed by atoms with Crippen LogP contribution in [0.25, 0.3) is 0 Å². The number of hydrogen-bond donors (Lipinski definition) is 0. The van der Waals surface area contributed by atoms with Crippen LogP contribution >= 0.6 is 0 Å². The molecule has 1 aromatic heterocycles. The van der Waals surface area contributed by atoms with Crippen molar-refractivity contribution in [2.75, 3.05) is 11.9 Å². The summed E-state index contributed by atoms with van der Waals surface area (Å²) < 4.78 is 0. The predicted octanol–water partition coefficient (Wildman–Crippen LogP) is 3.98. The highest BCUT2D eigenvalue weighted by atomic mass is 16.1. The zero-order valence-corrected chi connectivity index (χ0v) is 13.8. The summed E-state index contributed by atoms with van der Waals surface area (Å²) in [5.74, 6) is 0.126. The zero-order chi connectivity index (χ0) is 16.9. The van der Waals surface area contributed by atoms with Crippen LogP contribution in [-0.4, -0.2) is 22.8 Å². The van der Waals surface area contributed by atoms with Crippen molar-refractivity contribution in [3.05, 3.63) is 83.9 Å². The number of hydrogen-bond acceptors (Lipinski definition) is 4. The molecule has 0 aliphatic rings. The largest absolute Gasteiger partial charge is 0.342 e. The number of aromatic nitrogens is 2. The van der Waals surface area contributed by atoms with E-state index in [-0.39, 0.29) is 5.78 Å². The summed E-state index contributed by atoms with van der Waals surface area (Å²) in [7, 11) is 1.96. The lowest BCUT2D eigenvalue weighted by atomic mass is 10.0. The highest BCUT2D eigenvalue weighted by Gasteiger charge is 2.10. The second-order valence-corrected chi connectivity index (χ2v) is 5.80. The Hall–Kier alpha value is -3.01. The van der Waals surface area contributed by atoms with E-state index in [0.29, 0.717) is 6.42 Å². The lowest BCUT2D eigenvalue weighted by Crippen LogP contribution is -2.11. The highest BCUT2D eigenvalue weighted by Crippen LogP contribution is 2.23. The summed E-state index contributed by atoms with van der Waals surface area (Å²) in [6.07, 6.45) is 5.42. The molecule has 0 N–H and O–H groups in total. The van der Waals surface area contributed by atoms with Crippen molar-refractivity contribution in [1.82, 2.24) is 9.97 Å². The summed E-state index contributed by atoms with van der Waals surface area (Å²) in [5.41, 5.74) is 4.74. The molecule has 0 bridgehead atoms. The Morgan fingerprint density at radius 1 is 1.00 bits per heavy atom. The van der Waals surface area contributed by atoms with Gasteiger partial charge in [-0.2, -0.15) is 0 Å². The Morgan fingerprint density at radius 2 is 1.75 bits per heavy atom. The van der Waals surface area contributed by atoms with Crippen LogP contribution in [0.15, 0.2) is 67.3 Å². The third-order valence-electron chi connectivity index (χ3n) is 3.94. The minimum atomic E-state index is 0.126. The van der Waals surface area contributed by atoms with E-state index in [4.69, 9.17) is 0 Å². The van der Waals surface area contributed by atoms with E-state index in [0.717, 1.165) is 28.1 Å². The van der Waals surface area contributed by atoms with Crippen LogP contribution in [0.5, 0.6) is 0 Å². The minimum absolute atomic E-state index is 0.126. The summed E-state index contributed by atoms with van der Waals surface area (Å²) in [4.78, 5) is 22.6. The van der Waals surface area contributed by atoms with E-state index in [2.05, 4.69) is 9.97 Å². The Morgan fingerprint density at radius 3 is 2.50 bits per heavy atom. The van der Waals surface area contributed by atoms with Crippen molar-refractivity contribution in [3.8, 4) is 0 Å². The average Bonchev–Trinajstić information content (AvgIpc) is 2.62. The standard InChI is InChI=1S/C20H19N3O/c1-15-5-3-7-17(9-15)20(24)11-16-6-4-8-18(10-16)23(2)19-12-21-14-22-13-19/h3-10,12-14H,11H2,1-2H3. The van der Waals surface area contributed by atoms with E-state index in [1.54, 1.807) is 12.4 Å². The molecule has 24 heavy (non-hydrogen) atoms. The van der Waals surface area contributed by atoms with Crippen molar-refractivity contribution in [1.29, 1.82) is 0 Å². The van der Waals surface area contributed by atoms with Crippen LogP contribution in [0.1, 0.15) is 21.5 Å². The van der Waals surface area contributed by atoms with E-state index >= 15 is 0 Å². The Labute approximate surface area is 141 Å². The molecule has 0 saturated heterocycles. The quantitative estimate of drug-likeness (QED) is 0.668. The first-order chi connectivity index (χ1) is 11.6. The van der Waals surface area contributed by atoms with Gasteiger partial charge in [0.15, 0.2) is 5.78 Å². The molecule has 0 fully saturated rings. The van der Waals surface area contributed by atoms with E-state index < -0.39 is 0 Å². The number of Topliss-reactive ketones (excluding diaryl/α,β-unsaturated/α-hetero) is 1. The summed E-state index contributed by atoms with van der Waals surface area (Å²) in [6.45, 7) is 1.99. The predicted molar refractivity (Wildman–Crippen MR) is 95.8 cm³/mol. The second kappa shape index (κ2) is 7.04. The van der Waals surface area contributed by atoms with Gasteiger partial charge in [-0.25, -0.2) is 9.97 Å². The molecule has 3 rings (SSSR count). The molecule has 0 unspecified atom stereocenters. The van der Waals surface area contributed by atoms with Crippen molar-refractivity contribution in [3.63, 3.8) is 0 Å². The van der Waals surface area contributed by atoms with Crippen LogP contribution in [0.3, 0.4) is 0 Å². The lowest BCUT2D eigenvalue weighted by Gasteiger charge is -2.19. The molecule has 0 spiro atoms. The number of nitrogens with zero attached hydrogens (tertiary/aromatic N) is 3. The number of carbonyl (C=O) groups excluding carboxylic acids is 1. The minimum Gasteiger partial charge on any atom is -0.342 e. The van der Waals surface area contributed by atoms with Gasteiger partial charge < -0.3 is 4.90 Å². The Bertz CT molecular complexity index is 846. The maximum atomic E-state index is 12.5. The van der Waals surface area contributed by atoms with Crippen LogP contribution in [0.2, 0.25) is 0 Å². The van der Waals surface area contributed by atoms with E-state index in [1.165, 1.54) is 6.33 Å². The molecule has 0 saturated carbocycles. The summed E-state index contributed by atoms with van der Waals surface area (Å²) in [5, 5.41) is 0. The normalized spacial score (nSPS) is 10.4. The monoisotopic (exact) mass is 317 g/mol. The van der Waals surface area contributed by atoms with Crippen molar-refractivity contribution < 1.29 is 4.79 Å². The highest BCUT2D eigenvalue weighted by molar-refractivity contribution is 5.97. The van der Waals surface area contributed by atoms with Gasteiger partial charge in [-0.05, 0) is 30.7 Å². The van der Waals surface area contributed by atoms with Crippen LogP contribution in [-0.2, 0) is 6.42 Å².